The Morgan fingerprint density at radius 2 is 1.68 bits per heavy atom. The Morgan fingerprint density at radius 1 is 1.04 bits per heavy atom. The minimum Gasteiger partial charge on any atom is -0.339 e. The first kappa shape index (κ1) is 20.8. The van der Waals surface area contributed by atoms with Gasteiger partial charge in [0, 0.05) is 29.3 Å². The third-order valence-corrected chi connectivity index (χ3v) is 8.03. The van der Waals surface area contributed by atoms with Gasteiger partial charge in [0.25, 0.3) is 15.9 Å². The molecule has 0 saturated heterocycles. The van der Waals surface area contributed by atoms with Crippen LogP contribution in [0.1, 0.15) is 23.5 Å². The predicted octanol–water partition coefficient (Wildman–Crippen LogP) is 4.97. The van der Waals surface area contributed by atoms with Gasteiger partial charge in [-0.3, -0.25) is 9.10 Å². The molecule has 0 unspecified atom stereocenters. The quantitative estimate of drug-likeness (QED) is 0.500. The van der Waals surface area contributed by atoms with Crippen molar-refractivity contribution in [3.63, 3.8) is 0 Å². The maximum atomic E-state index is 12.9. The van der Waals surface area contributed by atoms with Crippen LogP contribution in [0.25, 0.3) is 10.1 Å². The first-order chi connectivity index (χ1) is 13.3. The van der Waals surface area contributed by atoms with Gasteiger partial charge in [-0.1, -0.05) is 15.9 Å². The highest BCUT2D eigenvalue weighted by Crippen LogP contribution is 2.32. The fourth-order valence-electron chi connectivity index (χ4n) is 2.90. The molecule has 2 aromatic carbocycles. The van der Waals surface area contributed by atoms with Crippen LogP contribution in [0.3, 0.4) is 0 Å². The fraction of sp³-hybridized carbons (Fsp3) is 0.250. The lowest BCUT2D eigenvalue weighted by Crippen LogP contribution is -2.29. The standard InChI is InChI=1S/C20H21BrN2O3S2/c1-4-23(5-2)20(24)19-13-14-12-16(8-11-18(14)27-19)22(3)28(25,26)17-9-6-15(21)7-10-17/h6-13H,4-5H2,1-3H3. The summed E-state index contributed by atoms with van der Waals surface area (Å²) in [6.45, 7) is 5.22. The average molecular weight is 481 g/mol. The van der Waals surface area contributed by atoms with E-state index in [1.807, 2.05) is 26.0 Å². The van der Waals surface area contributed by atoms with Gasteiger partial charge >= 0.3 is 0 Å². The van der Waals surface area contributed by atoms with E-state index in [9.17, 15) is 13.2 Å². The van der Waals surface area contributed by atoms with Crippen molar-refractivity contribution in [1.29, 1.82) is 0 Å². The number of halogens is 1. The molecule has 0 aliphatic rings. The highest BCUT2D eigenvalue weighted by molar-refractivity contribution is 9.10. The van der Waals surface area contributed by atoms with Gasteiger partial charge in [0.15, 0.2) is 0 Å². The number of thiophene rings is 1. The van der Waals surface area contributed by atoms with Crippen molar-refractivity contribution in [2.45, 2.75) is 18.7 Å². The van der Waals surface area contributed by atoms with E-state index in [4.69, 9.17) is 0 Å². The van der Waals surface area contributed by atoms with Crippen LogP contribution in [0, 0.1) is 0 Å². The lowest BCUT2D eigenvalue weighted by molar-refractivity contribution is 0.0778. The first-order valence-corrected chi connectivity index (χ1v) is 11.9. The van der Waals surface area contributed by atoms with E-state index in [1.165, 1.54) is 22.7 Å². The summed E-state index contributed by atoms with van der Waals surface area (Å²) in [7, 11) is -2.13. The number of carbonyl (C=O) groups excluding carboxylic acids is 1. The summed E-state index contributed by atoms with van der Waals surface area (Å²) in [5.41, 5.74) is 0.551. The van der Waals surface area contributed by atoms with Gasteiger partial charge in [-0.15, -0.1) is 11.3 Å². The van der Waals surface area contributed by atoms with Crippen molar-refractivity contribution in [3.8, 4) is 0 Å². The van der Waals surface area contributed by atoms with Crippen LogP contribution in [0.5, 0.6) is 0 Å². The zero-order valence-electron chi connectivity index (χ0n) is 15.8. The molecule has 0 aliphatic carbocycles. The van der Waals surface area contributed by atoms with Crippen molar-refractivity contribution >= 4 is 59.0 Å². The second kappa shape index (κ2) is 8.23. The number of hydrogen-bond acceptors (Lipinski definition) is 4. The maximum Gasteiger partial charge on any atom is 0.264 e. The number of carbonyl (C=O) groups is 1. The molecule has 1 heterocycles. The Balaban J connectivity index is 1.95. The molecule has 1 aromatic heterocycles. The fourth-order valence-corrected chi connectivity index (χ4v) is 5.36. The zero-order chi connectivity index (χ0) is 20.5. The second-order valence-electron chi connectivity index (χ2n) is 6.24. The molecule has 3 aromatic rings. The highest BCUT2D eigenvalue weighted by Gasteiger charge is 2.22. The number of rotatable bonds is 6. The van der Waals surface area contributed by atoms with Crippen LogP contribution in [0.2, 0.25) is 0 Å². The summed E-state index contributed by atoms with van der Waals surface area (Å²) in [4.78, 5) is 15.3. The number of hydrogen-bond donors (Lipinski definition) is 0. The van der Waals surface area contributed by atoms with Crippen molar-refractivity contribution in [2.24, 2.45) is 0 Å². The molecule has 0 aliphatic heterocycles. The van der Waals surface area contributed by atoms with Crippen molar-refractivity contribution < 1.29 is 13.2 Å². The van der Waals surface area contributed by atoms with E-state index in [2.05, 4.69) is 15.9 Å². The Morgan fingerprint density at radius 3 is 2.29 bits per heavy atom. The molecule has 0 saturated carbocycles. The summed E-state index contributed by atoms with van der Waals surface area (Å²) in [5, 5.41) is 0.857. The number of sulfonamides is 1. The van der Waals surface area contributed by atoms with Gasteiger partial charge in [-0.05, 0) is 67.8 Å². The molecular weight excluding hydrogens is 460 g/mol. The number of benzene rings is 2. The van der Waals surface area contributed by atoms with E-state index in [1.54, 1.807) is 41.3 Å². The lowest BCUT2D eigenvalue weighted by atomic mass is 10.2. The predicted molar refractivity (Wildman–Crippen MR) is 119 cm³/mol. The summed E-state index contributed by atoms with van der Waals surface area (Å²) < 4.78 is 28.9. The van der Waals surface area contributed by atoms with Crippen molar-refractivity contribution in [2.75, 3.05) is 24.4 Å². The van der Waals surface area contributed by atoms with Crippen LogP contribution in [0.4, 0.5) is 5.69 Å². The minimum atomic E-state index is -3.67. The molecule has 0 bridgehead atoms. The SMILES string of the molecule is CCN(CC)C(=O)c1cc2cc(N(C)S(=O)(=O)c3ccc(Br)cc3)ccc2s1. The number of amides is 1. The first-order valence-electron chi connectivity index (χ1n) is 8.85. The summed E-state index contributed by atoms with van der Waals surface area (Å²) in [6, 6.07) is 13.8. The summed E-state index contributed by atoms with van der Waals surface area (Å²) in [5.74, 6) is 0.00332. The van der Waals surface area contributed by atoms with Crippen LogP contribution in [-0.4, -0.2) is 39.4 Å². The second-order valence-corrected chi connectivity index (χ2v) is 10.2. The zero-order valence-corrected chi connectivity index (χ0v) is 19.1. The topological polar surface area (TPSA) is 57.7 Å². The lowest BCUT2D eigenvalue weighted by Gasteiger charge is -2.19. The van der Waals surface area contributed by atoms with Gasteiger partial charge in [-0.2, -0.15) is 0 Å². The third kappa shape index (κ3) is 3.94. The largest absolute Gasteiger partial charge is 0.339 e. The average Bonchev–Trinajstić information content (AvgIpc) is 3.11. The molecular formula is C20H21BrN2O3S2. The van der Waals surface area contributed by atoms with Gasteiger partial charge in [0.1, 0.15) is 0 Å². The van der Waals surface area contributed by atoms with Crippen LogP contribution < -0.4 is 4.31 Å². The Kier molecular flexibility index (Phi) is 6.12. The Labute approximate surface area is 177 Å². The van der Waals surface area contributed by atoms with Crippen LogP contribution in [0.15, 0.2) is 57.9 Å². The van der Waals surface area contributed by atoms with Gasteiger partial charge in [0.2, 0.25) is 0 Å². The number of nitrogens with zero attached hydrogens (tertiary/aromatic N) is 2. The molecule has 0 N–H and O–H groups in total. The normalized spacial score (nSPS) is 11.6. The van der Waals surface area contributed by atoms with Crippen molar-refractivity contribution in [1.82, 2.24) is 4.90 Å². The summed E-state index contributed by atoms with van der Waals surface area (Å²) in [6.07, 6.45) is 0. The molecule has 148 valence electrons. The third-order valence-electron chi connectivity index (χ3n) is 4.60. The van der Waals surface area contributed by atoms with Crippen LogP contribution >= 0.6 is 27.3 Å². The Bertz CT molecular complexity index is 1100. The molecule has 0 atom stereocenters. The monoisotopic (exact) mass is 480 g/mol. The maximum absolute atomic E-state index is 12.9. The number of anilines is 1. The van der Waals surface area contributed by atoms with E-state index >= 15 is 0 Å². The van der Waals surface area contributed by atoms with Gasteiger partial charge in [0.05, 0.1) is 15.5 Å². The molecule has 0 radical (unpaired) electrons. The molecule has 3 rings (SSSR count). The molecule has 0 spiro atoms. The van der Waals surface area contributed by atoms with E-state index < -0.39 is 10.0 Å². The molecule has 5 nitrogen and oxygen atoms in total. The summed E-state index contributed by atoms with van der Waals surface area (Å²) >= 11 is 4.74. The Hall–Kier alpha value is -1.90. The molecule has 0 fully saturated rings. The molecule has 1 amide bonds. The molecule has 28 heavy (non-hydrogen) atoms. The van der Waals surface area contributed by atoms with E-state index in [0.29, 0.717) is 23.7 Å². The smallest absolute Gasteiger partial charge is 0.264 e. The number of fused-ring (bicyclic) bond motifs is 1. The minimum absolute atomic E-state index is 0.00332. The van der Waals surface area contributed by atoms with Gasteiger partial charge in [-0.25, -0.2) is 8.42 Å². The molecule has 8 heteroatoms. The van der Waals surface area contributed by atoms with E-state index in [0.717, 1.165) is 14.6 Å². The van der Waals surface area contributed by atoms with Crippen molar-refractivity contribution in [3.05, 3.63) is 57.9 Å². The van der Waals surface area contributed by atoms with E-state index in [-0.39, 0.29) is 10.8 Å². The highest BCUT2D eigenvalue weighted by atomic mass is 79.9. The van der Waals surface area contributed by atoms with Crippen LogP contribution in [-0.2, 0) is 10.0 Å². The van der Waals surface area contributed by atoms with Gasteiger partial charge < -0.3 is 4.90 Å².